The predicted molar refractivity (Wildman–Crippen MR) is 125 cm³/mol. The fourth-order valence-electron chi connectivity index (χ4n) is 3.65. The molecule has 0 saturated carbocycles. The molecule has 1 unspecified atom stereocenters. The van der Waals surface area contributed by atoms with Gasteiger partial charge in [0.1, 0.15) is 24.1 Å². The van der Waals surface area contributed by atoms with Gasteiger partial charge in [0.05, 0.1) is 12.0 Å². The van der Waals surface area contributed by atoms with Gasteiger partial charge in [0.2, 0.25) is 10.0 Å². The lowest BCUT2D eigenvalue weighted by Gasteiger charge is -2.31. The molecule has 0 fully saturated rings. The van der Waals surface area contributed by atoms with Crippen LogP contribution >= 0.6 is 0 Å². The predicted octanol–water partition coefficient (Wildman–Crippen LogP) is 3.45. The molecule has 33 heavy (non-hydrogen) atoms. The molecule has 9 heteroatoms. The minimum atomic E-state index is -4.10. The van der Waals surface area contributed by atoms with Crippen LogP contribution < -0.4 is 15.0 Å². The van der Waals surface area contributed by atoms with E-state index in [4.69, 9.17) is 9.47 Å². The Kier molecular flexibility index (Phi) is 7.91. The van der Waals surface area contributed by atoms with Crippen LogP contribution in [0.5, 0.6) is 11.5 Å². The van der Waals surface area contributed by atoms with Crippen molar-refractivity contribution in [1.82, 2.24) is 9.79 Å². The van der Waals surface area contributed by atoms with Gasteiger partial charge in [0, 0.05) is 12.6 Å². The molecule has 176 valence electrons. The fourth-order valence-corrected chi connectivity index (χ4v) is 5.39. The van der Waals surface area contributed by atoms with Crippen LogP contribution in [0.15, 0.2) is 71.6 Å². The monoisotopic (exact) mass is 472 g/mol. The first kappa shape index (κ1) is 24.5. The highest BCUT2D eigenvalue weighted by Gasteiger charge is 2.38. The molecule has 3 aromatic rings. The molecule has 3 aromatic carbocycles. The van der Waals surface area contributed by atoms with Crippen molar-refractivity contribution in [2.45, 2.75) is 24.8 Å². The second-order valence-electron chi connectivity index (χ2n) is 7.82. The van der Waals surface area contributed by atoms with E-state index in [1.54, 1.807) is 55.7 Å². The number of hydrogen-bond donors (Lipinski definition) is 2. The molecule has 1 amide bonds. The van der Waals surface area contributed by atoms with Crippen molar-refractivity contribution in [3.63, 3.8) is 0 Å². The summed E-state index contributed by atoms with van der Waals surface area (Å²) in [7, 11) is -2.56. The van der Waals surface area contributed by atoms with Gasteiger partial charge >= 0.3 is 0 Å². The summed E-state index contributed by atoms with van der Waals surface area (Å²) in [6.07, 6.45) is 0. The third-order valence-electron chi connectivity index (χ3n) is 5.27. The molecule has 0 heterocycles. The van der Waals surface area contributed by atoms with Crippen LogP contribution in [0, 0.1) is 5.92 Å². The summed E-state index contributed by atoms with van der Waals surface area (Å²) >= 11 is 0. The number of carbonyl (C=O) groups is 1. The third-order valence-corrected chi connectivity index (χ3v) is 7.15. The first-order chi connectivity index (χ1) is 15.8. The molecule has 0 radical (unpaired) electrons. The van der Waals surface area contributed by atoms with Crippen molar-refractivity contribution in [3.8, 4) is 11.5 Å². The Labute approximate surface area is 193 Å². The number of rotatable bonds is 10. The van der Waals surface area contributed by atoms with E-state index in [0.717, 1.165) is 15.1 Å². The molecule has 0 bridgehead atoms. The number of benzene rings is 3. The number of carbonyl (C=O) groups excluding carboxylic acids is 1. The Balaban J connectivity index is 1.94. The summed E-state index contributed by atoms with van der Waals surface area (Å²) in [5, 5.41) is 10.9. The largest absolute Gasteiger partial charge is 0.497 e. The molecular formula is C24H28N2O6S. The smallest absolute Gasteiger partial charge is 0.262 e. The minimum Gasteiger partial charge on any atom is -0.497 e. The van der Waals surface area contributed by atoms with Crippen molar-refractivity contribution in [2.75, 3.05) is 20.3 Å². The summed E-state index contributed by atoms with van der Waals surface area (Å²) < 4.78 is 39.3. The summed E-state index contributed by atoms with van der Waals surface area (Å²) in [6.45, 7) is 3.31. The van der Waals surface area contributed by atoms with E-state index in [9.17, 15) is 18.4 Å². The summed E-state index contributed by atoms with van der Waals surface area (Å²) in [6, 6.07) is 18.0. The quantitative estimate of drug-likeness (QED) is 0.346. The van der Waals surface area contributed by atoms with Gasteiger partial charge in [0.25, 0.3) is 5.91 Å². The number of amides is 1. The van der Waals surface area contributed by atoms with Crippen molar-refractivity contribution in [3.05, 3.63) is 66.7 Å². The highest BCUT2D eigenvalue weighted by Crippen LogP contribution is 2.26. The second kappa shape index (κ2) is 10.7. The second-order valence-corrected chi connectivity index (χ2v) is 9.71. The van der Waals surface area contributed by atoms with Gasteiger partial charge in [-0.25, -0.2) is 13.9 Å². The first-order valence-electron chi connectivity index (χ1n) is 10.5. The molecule has 0 aliphatic carbocycles. The average molecular weight is 473 g/mol. The Morgan fingerprint density at radius 3 is 2.36 bits per heavy atom. The number of nitrogens with zero attached hydrogens (tertiary/aromatic N) is 1. The van der Waals surface area contributed by atoms with Crippen molar-refractivity contribution in [2.24, 2.45) is 5.92 Å². The van der Waals surface area contributed by atoms with Crippen LogP contribution in [-0.4, -0.2) is 50.1 Å². The van der Waals surface area contributed by atoms with Crippen molar-refractivity contribution < 1.29 is 27.9 Å². The summed E-state index contributed by atoms with van der Waals surface area (Å²) in [5.41, 5.74) is 1.60. The van der Waals surface area contributed by atoms with E-state index >= 15 is 0 Å². The number of nitrogens with one attached hydrogen (secondary N) is 1. The standard InChI is InChI=1S/C24H28N2O6S/c1-17(2)23(24(27)25-28)26(13-14-32-21-10-6-9-20(16-21)31-3)33(29,30)22-12-11-18-7-4-5-8-19(18)15-22/h4-12,15-17,23,28H,13-14H2,1-3H3,(H,25,27). The highest BCUT2D eigenvalue weighted by molar-refractivity contribution is 7.89. The third kappa shape index (κ3) is 5.62. The van der Waals surface area contributed by atoms with E-state index in [0.29, 0.717) is 11.5 Å². The van der Waals surface area contributed by atoms with Gasteiger partial charge in [-0.05, 0) is 41.0 Å². The van der Waals surface area contributed by atoms with Gasteiger partial charge in [-0.3, -0.25) is 10.0 Å². The Morgan fingerprint density at radius 2 is 1.70 bits per heavy atom. The van der Waals surface area contributed by atoms with Crippen LogP contribution in [-0.2, 0) is 14.8 Å². The Morgan fingerprint density at radius 1 is 1.00 bits per heavy atom. The van der Waals surface area contributed by atoms with Gasteiger partial charge < -0.3 is 9.47 Å². The van der Waals surface area contributed by atoms with Crippen molar-refractivity contribution >= 4 is 26.7 Å². The molecule has 8 nitrogen and oxygen atoms in total. The maximum Gasteiger partial charge on any atom is 0.262 e. The lowest BCUT2D eigenvalue weighted by molar-refractivity contribution is -0.134. The van der Waals surface area contributed by atoms with E-state index in [1.807, 2.05) is 24.3 Å². The number of methoxy groups -OCH3 is 1. The normalized spacial score (nSPS) is 12.7. The van der Waals surface area contributed by atoms with Gasteiger partial charge in [-0.1, -0.05) is 50.2 Å². The maximum atomic E-state index is 13.7. The zero-order chi connectivity index (χ0) is 24.0. The molecule has 0 saturated heterocycles. The maximum absolute atomic E-state index is 13.7. The topological polar surface area (TPSA) is 105 Å². The van der Waals surface area contributed by atoms with E-state index < -0.39 is 27.9 Å². The lowest BCUT2D eigenvalue weighted by Crippen LogP contribution is -2.52. The van der Waals surface area contributed by atoms with Crippen LogP contribution in [0.2, 0.25) is 0 Å². The van der Waals surface area contributed by atoms with Gasteiger partial charge in [-0.2, -0.15) is 4.31 Å². The molecule has 0 aliphatic rings. The zero-order valence-electron chi connectivity index (χ0n) is 18.8. The zero-order valence-corrected chi connectivity index (χ0v) is 19.6. The van der Waals surface area contributed by atoms with Gasteiger partial charge in [-0.15, -0.1) is 0 Å². The van der Waals surface area contributed by atoms with E-state index in [-0.39, 0.29) is 18.0 Å². The highest BCUT2D eigenvalue weighted by atomic mass is 32.2. The van der Waals surface area contributed by atoms with E-state index in [1.165, 1.54) is 13.2 Å². The SMILES string of the molecule is COc1cccc(OCCN(C(C(=O)NO)C(C)C)S(=O)(=O)c2ccc3ccccc3c2)c1. The number of fused-ring (bicyclic) bond motifs is 1. The molecule has 0 aliphatic heterocycles. The van der Waals surface area contributed by atoms with Crippen LogP contribution in [0.1, 0.15) is 13.8 Å². The van der Waals surface area contributed by atoms with Gasteiger partial charge in [0.15, 0.2) is 0 Å². The summed E-state index contributed by atoms with van der Waals surface area (Å²) in [5.74, 6) is -0.113. The Bertz CT molecular complexity index is 1210. The number of ether oxygens (including phenoxy) is 2. The van der Waals surface area contributed by atoms with Crippen LogP contribution in [0.3, 0.4) is 0 Å². The van der Waals surface area contributed by atoms with Crippen LogP contribution in [0.4, 0.5) is 0 Å². The first-order valence-corrected chi connectivity index (χ1v) is 11.9. The number of hydroxylamine groups is 1. The minimum absolute atomic E-state index is 0.0120. The lowest BCUT2D eigenvalue weighted by atomic mass is 10.0. The van der Waals surface area contributed by atoms with Crippen molar-refractivity contribution in [1.29, 1.82) is 0 Å². The summed E-state index contributed by atoms with van der Waals surface area (Å²) in [4.78, 5) is 12.5. The molecule has 2 N–H and O–H groups in total. The average Bonchev–Trinajstić information content (AvgIpc) is 2.82. The number of sulfonamides is 1. The molecule has 3 rings (SSSR count). The molecule has 0 aromatic heterocycles. The Hall–Kier alpha value is -3.14. The molecular weight excluding hydrogens is 444 g/mol. The molecule has 1 atom stereocenters. The van der Waals surface area contributed by atoms with E-state index in [2.05, 4.69) is 0 Å². The van der Waals surface area contributed by atoms with Crippen LogP contribution in [0.25, 0.3) is 10.8 Å². The fraction of sp³-hybridized carbons (Fsp3) is 0.292. The molecule has 0 spiro atoms. The number of hydrogen-bond acceptors (Lipinski definition) is 6.